The molecule has 0 radical (unpaired) electrons. The van der Waals surface area contributed by atoms with Gasteiger partial charge in [0.2, 0.25) is 0 Å². The first-order valence-corrected chi connectivity index (χ1v) is 5.14. The van der Waals surface area contributed by atoms with Gasteiger partial charge >= 0.3 is 0 Å². The Kier molecular flexibility index (Phi) is 4.39. The monoisotopic (exact) mass is 212 g/mol. The Labute approximate surface area is 90.7 Å². The molecule has 0 aromatic heterocycles. The summed E-state index contributed by atoms with van der Waals surface area (Å²) in [6, 6.07) is 8.13. The van der Waals surface area contributed by atoms with Gasteiger partial charge in [-0.2, -0.15) is 0 Å². The average molecular weight is 213 g/mol. The lowest BCUT2D eigenvalue weighted by atomic mass is 10.2. The van der Waals surface area contributed by atoms with Crippen molar-refractivity contribution in [3.63, 3.8) is 0 Å². The molecule has 0 amide bonds. The van der Waals surface area contributed by atoms with Crippen molar-refractivity contribution >= 4 is 11.6 Å². The second kappa shape index (κ2) is 5.35. The lowest BCUT2D eigenvalue weighted by Gasteiger charge is -2.18. The Hall–Kier alpha value is -0.570. The van der Waals surface area contributed by atoms with Crippen molar-refractivity contribution < 1.29 is 0 Å². The SMILES string of the molecule is C[C@@H](N)CN(C)Cc1ccc(Cl)cc1. The van der Waals surface area contributed by atoms with E-state index >= 15 is 0 Å². The van der Waals surface area contributed by atoms with Crippen LogP contribution in [-0.4, -0.2) is 24.5 Å². The number of benzene rings is 1. The summed E-state index contributed by atoms with van der Waals surface area (Å²) in [4.78, 5) is 2.20. The van der Waals surface area contributed by atoms with Gasteiger partial charge in [0.05, 0.1) is 0 Å². The summed E-state index contributed by atoms with van der Waals surface area (Å²) >= 11 is 5.80. The standard InChI is InChI=1S/C11H17ClN2/c1-9(13)7-14(2)8-10-3-5-11(12)6-4-10/h3-6,9H,7-8,13H2,1-2H3/t9-/m1/s1. The second-order valence-corrected chi connectivity index (χ2v) is 4.24. The fourth-order valence-corrected chi connectivity index (χ4v) is 1.58. The fraction of sp³-hybridized carbons (Fsp3) is 0.455. The van der Waals surface area contributed by atoms with E-state index in [1.165, 1.54) is 5.56 Å². The van der Waals surface area contributed by atoms with Crippen LogP contribution in [0.3, 0.4) is 0 Å². The van der Waals surface area contributed by atoms with E-state index in [2.05, 4.69) is 11.9 Å². The van der Waals surface area contributed by atoms with Gasteiger partial charge in [0.1, 0.15) is 0 Å². The van der Waals surface area contributed by atoms with E-state index in [4.69, 9.17) is 17.3 Å². The summed E-state index contributed by atoms with van der Waals surface area (Å²) in [7, 11) is 2.07. The first-order valence-electron chi connectivity index (χ1n) is 4.76. The van der Waals surface area contributed by atoms with E-state index in [0.29, 0.717) is 0 Å². The molecule has 0 saturated heterocycles. The molecule has 0 aliphatic carbocycles. The van der Waals surface area contributed by atoms with Crippen LogP contribution in [0.1, 0.15) is 12.5 Å². The van der Waals surface area contributed by atoms with Crippen LogP contribution in [0.15, 0.2) is 24.3 Å². The smallest absolute Gasteiger partial charge is 0.0406 e. The molecule has 0 spiro atoms. The molecule has 14 heavy (non-hydrogen) atoms. The van der Waals surface area contributed by atoms with Gasteiger partial charge in [0.25, 0.3) is 0 Å². The molecule has 2 N–H and O–H groups in total. The highest BCUT2D eigenvalue weighted by atomic mass is 35.5. The lowest BCUT2D eigenvalue weighted by Crippen LogP contribution is -2.32. The van der Waals surface area contributed by atoms with Crippen LogP contribution in [0.2, 0.25) is 5.02 Å². The largest absolute Gasteiger partial charge is 0.327 e. The van der Waals surface area contributed by atoms with Crippen molar-refractivity contribution in [2.24, 2.45) is 5.73 Å². The van der Waals surface area contributed by atoms with Crippen LogP contribution in [0.25, 0.3) is 0 Å². The minimum absolute atomic E-state index is 0.215. The third-order valence-corrected chi connectivity index (χ3v) is 2.22. The maximum absolute atomic E-state index is 5.80. The van der Waals surface area contributed by atoms with E-state index < -0.39 is 0 Å². The van der Waals surface area contributed by atoms with Gasteiger partial charge in [-0.1, -0.05) is 23.7 Å². The fourth-order valence-electron chi connectivity index (χ4n) is 1.46. The molecule has 1 aromatic rings. The molecule has 0 unspecified atom stereocenters. The quantitative estimate of drug-likeness (QED) is 0.829. The third-order valence-electron chi connectivity index (χ3n) is 1.97. The van der Waals surface area contributed by atoms with Gasteiger partial charge in [-0.15, -0.1) is 0 Å². The van der Waals surface area contributed by atoms with Crippen molar-refractivity contribution in [2.75, 3.05) is 13.6 Å². The summed E-state index contributed by atoms with van der Waals surface area (Å²) < 4.78 is 0. The zero-order valence-corrected chi connectivity index (χ0v) is 9.46. The number of hydrogen-bond acceptors (Lipinski definition) is 2. The van der Waals surface area contributed by atoms with E-state index in [0.717, 1.165) is 18.1 Å². The van der Waals surface area contributed by atoms with Crippen molar-refractivity contribution in [3.8, 4) is 0 Å². The van der Waals surface area contributed by atoms with Crippen molar-refractivity contribution in [2.45, 2.75) is 19.5 Å². The van der Waals surface area contributed by atoms with E-state index in [-0.39, 0.29) is 6.04 Å². The molecule has 78 valence electrons. The Balaban J connectivity index is 2.47. The first-order chi connectivity index (χ1) is 6.58. The molecule has 0 heterocycles. The summed E-state index contributed by atoms with van der Waals surface area (Å²) in [6.45, 7) is 3.83. The molecule has 1 rings (SSSR count). The molecular formula is C11H17ClN2. The molecule has 3 heteroatoms. The predicted octanol–water partition coefficient (Wildman–Crippen LogP) is 2.12. The van der Waals surface area contributed by atoms with Gasteiger partial charge in [0.15, 0.2) is 0 Å². The number of hydrogen-bond donors (Lipinski definition) is 1. The molecule has 0 saturated carbocycles. The number of rotatable bonds is 4. The highest BCUT2D eigenvalue weighted by Gasteiger charge is 2.02. The van der Waals surface area contributed by atoms with Crippen LogP contribution in [0.5, 0.6) is 0 Å². The summed E-state index contributed by atoms with van der Waals surface area (Å²) in [5, 5.41) is 0.781. The highest BCUT2D eigenvalue weighted by molar-refractivity contribution is 6.30. The molecule has 0 aliphatic rings. The van der Waals surface area contributed by atoms with Crippen LogP contribution in [0, 0.1) is 0 Å². The average Bonchev–Trinajstić information content (AvgIpc) is 2.07. The van der Waals surface area contributed by atoms with E-state index in [9.17, 15) is 0 Å². The van der Waals surface area contributed by atoms with Crippen LogP contribution >= 0.6 is 11.6 Å². The number of halogens is 1. The molecular weight excluding hydrogens is 196 g/mol. The van der Waals surface area contributed by atoms with Gasteiger partial charge in [-0.05, 0) is 31.7 Å². The molecule has 2 nitrogen and oxygen atoms in total. The van der Waals surface area contributed by atoms with Crippen molar-refractivity contribution in [1.82, 2.24) is 4.90 Å². The number of nitrogens with zero attached hydrogens (tertiary/aromatic N) is 1. The minimum atomic E-state index is 0.215. The maximum atomic E-state index is 5.80. The van der Waals surface area contributed by atoms with Crippen LogP contribution in [0.4, 0.5) is 0 Å². The number of likely N-dealkylation sites (N-methyl/N-ethyl adjacent to an activating group) is 1. The topological polar surface area (TPSA) is 29.3 Å². The third kappa shape index (κ3) is 4.09. The van der Waals surface area contributed by atoms with Gasteiger partial charge in [-0.25, -0.2) is 0 Å². The van der Waals surface area contributed by atoms with Gasteiger partial charge in [-0.3, -0.25) is 0 Å². The molecule has 1 atom stereocenters. The summed E-state index contributed by atoms with van der Waals surface area (Å²) in [5.41, 5.74) is 6.97. The molecule has 0 aliphatic heterocycles. The number of nitrogens with two attached hydrogens (primary N) is 1. The zero-order valence-electron chi connectivity index (χ0n) is 8.70. The van der Waals surface area contributed by atoms with Gasteiger partial charge < -0.3 is 10.6 Å². The Bertz CT molecular complexity index is 269. The summed E-state index contributed by atoms with van der Waals surface area (Å²) in [5.74, 6) is 0. The molecule has 1 aromatic carbocycles. The normalized spacial score (nSPS) is 13.2. The predicted molar refractivity (Wildman–Crippen MR) is 61.4 cm³/mol. The minimum Gasteiger partial charge on any atom is -0.327 e. The summed E-state index contributed by atoms with van der Waals surface area (Å²) in [6.07, 6.45) is 0. The van der Waals surface area contributed by atoms with Crippen molar-refractivity contribution in [3.05, 3.63) is 34.9 Å². The van der Waals surface area contributed by atoms with Crippen LogP contribution < -0.4 is 5.73 Å². The van der Waals surface area contributed by atoms with E-state index in [1.54, 1.807) is 0 Å². The van der Waals surface area contributed by atoms with Gasteiger partial charge in [0, 0.05) is 24.2 Å². The van der Waals surface area contributed by atoms with E-state index in [1.807, 2.05) is 31.2 Å². The second-order valence-electron chi connectivity index (χ2n) is 3.80. The lowest BCUT2D eigenvalue weighted by molar-refractivity contribution is 0.310. The molecule has 0 fully saturated rings. The highest BCUT2D eigenvalue weighted by Crippen LogP contribution is 2.10. The zero-order chi connectivity index (χ0) is 10.6. The maximum Gasteiger partial charge on any atom is 0.0406 e. The molecule has 0 bridgehead atoms. The first kappa shape index (κ1) is 11.5. The Morgan fingerprint density at radius 1 is 1.36 bits per heavy atom. The Morgan fingerprint density at radius 3 is 2.43 bits per heavy atom. The van der Waals surface area contributed by atoms with Crippen LogP contribution in [-0.2, 0) is 6.54 Å². The Morgan fingerprint density at radius 2 is 1.93 bits per heavy atom. The van der Waals surface area contributed by atoms with Crippen molar-refractivity contribution in [1.29, 1.82) is 0 Å².